The number of piperidine rings is 1. The molecule has 4 atom stereocenters. The minimum atomic E-state index is -3.71. The first-order valence-corrected chi connectivity index (χ1v) is 10.4. The monoisotopic (exact) mass is 373 g/mol. The number of fused-ring (bicyclic) bond motifs is 2. The molecular weight excluding hydrogens is 346 g/mol. The standard InChI is InChI=1S/C16H27N3O5S/c1-16(2,3)24-15(21)19-10-4-5-11(19)7-12(6-10)18-9-13(8-14(18)20)25(17,22)23/h10-13H,4-9H2,1-3H3,(H2,17,22,23)/t10-,11+,12?,13?. The molecule has 2 amide bonds. The van der Waals surface area contributed by atoms with Crippen LogP contribution in [-0.2, 0) is 19.6 Å². The molecule has 0 radical (unpaired) electrons. The highest BCUT2D eigenvalue weighted by Crippen LogP contribution is 2.39. The van der Waals surface area contributed by atoms with Crippen LogP contribution in [0.25, 0.3) is 0 Å². The van der Waals surface area contributed by atoms with Gasteiger partial charge in [0.05, 0.1) is 0 Å². The molecule has 0 spiro atoms. The zero-order valence-electron chi connectivity index (χ0n) is 15.0. The molecule has 3 aliphatic rings. The van der Waals surface area contributed by atoms with Crippen LogP contribution in [0.4, 0.5) is 4.79 Å². The van der Waals surface area contributed by atoms with Crippen molar-refractivity contribution in [2.45, 2.75) is 81.9 Å². The maximum Gasteiger partial charge on any atom is 0.410 e. The van der Waals surface area contributed by atoms with Crippen LogP contribution < -0.4 is 5.14 Å². The first-order chi connectivity index (χ1) is 11.5. The summed E-state index contributed by atoms with van der Waals surface area (Å²) in [7, 11) is -3.71. The first kappa shape index (κ1) is 18.4. The molecule has 142 valence electrons. The largest absolute Gasteiger partial charge is 0.444 e. The number of carbonyl (C=O) groups is 2. The van der Waals surface area contributed by atoms with E-state index in [1.165, 1.54) is 0 Å². The van der Waals surface area contributed by atoms with Gasteiger partial charge in [0, 0.05) is 31.1 Å². The van der Waals surface area contributed by atoms with Gasteiger partial charge in [-0.1, -0.05) is 0 Å². The van der Waals surface area contributed by atoms with E-state index < -0.39 is 20.9 Å². The van der Waals surface area contributed by atoms with Crippen molar-refractivity contribution in [3.8, 4) is 0 Å². The quantitative estimate of drug-likeness (QED) is 0.770. The number of rotatable bonds is 2. The number of hydrogen-bond donors (Lipinski definition) is 1. The Morgan fingerprint density at radius 2 is 1.72 bits per heavy atom. The number of hydrogen-bond acceptors (Lipinski definition) is 5. The van der Waals surface area contributed by atoms with Gasteiger partial charge in [0.15, 0.2) is 0 Å². The zero-order valence-corrected chi connectivity index (χ0v) is 15.8. The second-order valence-corrected chi connectivity index (χ2v) is 10.2. The molecule has 0 aliphatic carbocycles. The van der Waals surface area contributed by atoms with Crippen molar-refractivity contribution in [2.24, 2.45) is 5.14 Å². The Balaban J connectivity index is 1.68. The van der Waals surface area contributed by atoms with E-state index in [1.807, 2.05) is 25.7 Å². The molecule has 3 heterocycles. The van der Waals surface area contributed by atoms with Crippen LogP contribution in [0.3, 0.4) is 0 Å². The van der Waals surface area contributed by atoms with Crippen molar-refractivity contribution in [3.05, 3.63) is 0 Å². The van der Waals surface area contributed by atoms with Crippen molar-refractivity contribution < 1.29 is 22.7 Å². The van der Waals surface area contributed by atoms with Gasteiger partial charge in [0.25, 0.3) is 0 Å². The Kier molecular flexibility index (Phi) is 4.51. The van der Waals surface area contributed by atoms with Crippen LogP contribution >= 0.6 is 0 Å². The third kappa shape index (κ3) is 3.76. The molecule has 2 N–H and O–H groups in total. The van der Waals surface area contributed by atoms with E-state index >= 15 is 0 Å². The summed E-state index contributed by atoms with van der Waals surface area (Å²) >= 11 is 0. The molecule has 3 fully saturated rings. The minimum Gasteiger partial charge on any atom is -0.444 e. The topological polar surface area (TPSA) is 110 Å². The first-order valence-electron chi connectivity index (χ1n) is 8.78. The number of ether oxygens (including phenoxy) is 1. The SMILES string of the molecule is CC(C)(C)OC(=O)N1[C@@H]2CC[C@H]1CC(N1CC(S(N)(=O)=O)CC1=O)C2. The van der Waals surface area contributed by atoms with Gasteiger partial charge in [-0.15, -0.1) is 0 Å². The predicted molar refractivity (Wildman–Crippen MR) is 91.1 cm³/mol. The predicted octanol–water partition coefficient (Wildman–Crippen LogP) is 0.806. The summed E-state index contributed by atoms with van der Waals surface area (Å²) in [5, 5.41) is 4.39. The van der Waals surface area contributed by atoms with E-state index in [-0.39, 0.29) is 43.1 Å². The number of carbonyl (C=O) groups excluding carboxylic acids is 2. The van der Waals surface area contributed by atoms with Crippen molar-refractivity contribution in [3.63, 3.8) is 0 Å². The van der Waals surface area contributed by atoms with Gasteiger partial charge in [-0.25, -0.2) is 18.4 Å². The number of likely N-dealkylation sites (tertiary alicyclic amines) is 1. The second kappa shape index (κ2) is 6.12. The highest BCUT2D eigenvalue weighted by atomic mass is 32.2. The van der Waals surface area contributed by atoms with Gasteiger partial charge >= 0.3 is 6.09 Å². The summed E-state index contributed by atoms with van der Waals surface area (Å²) in [6.45, 7) is 5.69. The van der Waals surface area contributed by atoms with E-state index in [4.69, 9.17) is 9.88 Å². The van der Waals surface area contributed by atoms with E-state index in [2.05, 4.69) is 0 Å². The van der Waals surface area contributed by atoms with E-state index in [0.29, 0.717) is 12.8 Å². The number of sulfonamides is 1. The zero-order chi connectivity index (χ0) is 18.6. The molecular formula is C16H27N3O5S. The van der Waals surface area contributed by atoms with Crippen molar-refractivity contribution in [2.75, 3.05) is 6.54 Å². The second-order valence-electron chi connectivity index (χ2n) is 8.36. The molecule has 0 aromatic carbocycles. The number of nitrogens with zero attached hydrogens (tertiary/aromatic N) is 2. The van der Waals surface area contributed by atoms with Crippen LogP contribution in [0, 0.1) is 0 Å². The lowest BCUT2D eigenvalue weighted by Gasteiger charge is -2.42. The van der Waals surface area contributed by atoms with Gasteiger partial charge in [-0.05, 0) is 46.5 Å². The molecule has 2 bridgehead atoms. The van der Waals surface area contributed by atoms with Crippen LogP contribution in [0.5, 0.6) is 0 Å². The molecule has 0 saturated carbocycles. The fraction of sp³-hybridized carbons (Fsp3) is 0.875. The molecule has 9 heteroatoms. The molecule has 0 aromatic heterocycles. The van der Waals surface area contributed by atoms with Gasteiger partial charge in [0.2, 0.25) is 15.9 Å². The maximum atomic E-state index is 12.5. The molecule has 3 rings (SSSR count). The van der Waals surface area contributed by atoms with Crippen LogP contribution in [0.2, 0.25) is 0 Å². The lowest BCUT2D eigenvalue weighted by atomic mass is 9.96. The Bertz CT molecular complexity index is 658. The molecule has 3 saturated heterocycles. The lowest BCUT2D eigenvalue weighted by Crippen LogP contribution is -2.54. The Morgan fingerprint density at radius 3 is 2.16 bits per heavy atom. The summed E-state index contributed by atoms with van der Waals surface area (Å²) in [4.78, 5) is 28.2. The van der Waals surface area contributed by atoms with E-state index in [0.717, 1.165) is 12.8 Å². The molecule has 2 unspecified atom stereocenters. The third-order valence-corrected chi connectivity index (χ3v) is 6.59. The number of nitrogens with two attached hydrogens (primary N) is 1. The number of amides is 2. The Labute approximate surface area is 148 Å². The summed E-state index contributed by atoms with van der Waals surface area (Å²) < 4.78 is 28.6. The smallest absolute Gasteiger partial charge is 0.410 e. The molecule has 3 aliphatic heterocycles. The average Bonchev–Trinajstić information content (AvgIpc) is 2.95. The normalized spacial score (nSPS) is 33.0. The highest BCUT2D eigenvalue weighted by molar-refractivity contribution is 7.89. The van der Waals surface area contributed by atoms with Crippen LogP contribution in [0.1, 0.15) is 52.9 Å². The summed E-state index contributed by atoms with van der Waals surface area (Å²) in [6, 6.07) is 0.0512. The number of primary sulfonamides is 1. The van der Waals surface area contributed by atoms with Gasteiger partial charge in [-0.2, -0.15) is 0 Å². The van der Waals surface area contributed by atoms with Crippen LogP contribution in [0.15, 0.2) is 0 Å². The maximum absolute atomic E-state index is 12.5. The lowest BCUT2D eigenvalue weighted by molar-refractivity contribution is -0.130. The van der Waals surface area contributed by atoms with Gasteiger partial charge in [0.1, 0.15) is 10.9 Å². The van der Waals surface area contributed by atoms with E-state index in [1.54, 1.807) is 4.90 Å². The van der Waals surface area contributed by atoms with E-state index in [9.17, 15) is 18.0 Å². The van der Waals surface area contributed by atoms with Crippen molar-refractivity contribution in [1.29, 1.82) is 0 Å². The molecule has 0 aromatic rings. The summed E-state index contributed by atoms with van der Waals surface area (Å²) in [6.07, 6.45) is 2.77. The molecule has 25 heavy (non-hydrogen) atoms. The Morgan fingerprint density at radius 1 is 1.16 bits per heavy atom. The molecule has 8 nitrogen and oxygen atoms in total. The highest BCUT2D eigenvalue weighted by Gasteiger charge is 2.49. The fourth-order valence-corrected chi connectivity index (χ4v) is 5.03. The fourth-order valence-electron chi connectivity index (χ4n) is 4.29. The van der Waals surface area contributed by atoms with Crippen molar-refractivity contribution in [1.82, 2.24) is 9.80 Å². The van der Waals surface area contributed by atoms with Gasteiger partial charge < -0.3 is 14.5 Å². The average molecular weight is 373 g/mol. The summed E-state index contributed by atoms with van der Waals surface area (Å²) in [5.74, 6) is -0.158. The minimum absolute atomic E-state index is 0.0320. The van der Waals surface area contributed by atoms with Gasteiger partial charge in [-0.3, -0.25) is 4.79 Å². The third-order valence-electron chi connectivity index (χ3n) is 5.34. The van der Waals surface area contributed by atoms with Crippen LogP contribution in [-0.4, -0.2) is 65.7 Å². The Hall–Kier alpha value is -1.35. The van der Waals surface area contributed by atoms with Crippen molar-refractivity contribution >= 4 is 22.0 Å². The summed E-state index contributed by atoms with van der Waals surface area (Å²) in [5.41, 5.74) is -0.541.